The van der Waals surface area contributed by atoms with Gasteiger partial charge < -0.3 is 10.6 Å². The lowest BCUT2D eigenvalue weighted by molar-refractivity contribution is -0.142. The average molecular weight is 378 g/mol. The van der Waals surface area contributed by atoms with Crippen LogP contribution in [0.5, 0.6) is 0 Å². The third-order valence-electron chi connectivity index (χ3n) is 3.98. The van der Waals surface area contributed by atoms with E-state index in [4.69, 9.17) is 5.73 Å². The minimum Gasteiger partial charge on any atom is -0.365 e. The monoisotopic (exact) mass is 378 g/mol. The molecule has 0 atom stereocenters. The van der Waals surface area contributed by atoms with Crippen LogP contribution in [-0.2, 0) is 25.4 Å². The molecule has 2 N–H and O–H groups in total. The number of rotatable bonds is 3. The molecule has 3 rings (SSSR count). The lowest BCUT2D eigenvalue weighted by Gasteiger charge is -2.19. The Morgan fingerprint density at radius 2 is 1.65 bits per heavy atom. The van der Waals surface area contributed by atoms with Crippen molar-refractivity contribution in [3.05, 3.63) is 46.6 Å². The van der Waals surface area contributed by atoms with Crippen LogP contribution >= 0.6 is 0 Å². The number of halogens is 6. The normalized spacial score (nSPS) is 14.6. The minimum atomic E-state index is -4.85. The lowest BCUT2D eigenvalue weighted by Crippen LogP contribution is -2.25. The van der Waals surface area contributed by atoms with Gasteiger partial charge in [-0.2, -0.15) is 31.4 Å². The Morgan fingerprint density at radius 3 is 2.15 bits per heavy atom. The Labute approximate surface area is 143 Å². The summed E-state index contributed by atoms with van der Waals surface area (Å²) in [4.78, 5) is 13.0. The molecule has 0 bridgehead atoms. The molecule has 140 valence electrons. The molecule has 1 aromatic heterocycles. The van der Waals surface area contributed by atoms with Crippen LogP contribution in [0.4, 0.5) is 32.2 Å². The zero-order valence-electron chi connectivity index (χ0n) is 13.0. The van der Waals surface area contributed by atoms with Gasteiger partial charge in [0.05, 0.1) is 12.1 Å². The fourth-order valence-electron chi connectivity index (χ4n) is 2.85. The number of carbonyl (C=O) groups excluding carboxylic acids is 1. The molecule has 0 unspecified atom stereocenters. The summed E-state index contributed by atoms with van der Waals surface area (Å²) >= 11 is 0. The molecule has 5 nitrogen and oxygen atoms in total. The summed E-state index contributed by atoms with van der Waals surface area (Å²) in [6, 6.07) is 4.24. The number of nitrogens with zero attached hydrogens (tertiary/aromatic N) is 3. The Hall–Kier alpha value is -2.72. The van der Waals surface area contributed by atoms with E-state index in [2.05, 4.69) is 5.10 Å². The fourth-order valence-corrected chi connectivity index (χ4v) is 2.85. The largest absolute Gasteiger partial charge is 0.436 e. The number of hydrogen-bond acceptors (Lipinski definition) is 3. The molecule has 1 aliphatic heterocycles. The lowest BCUT2D eigenvalue weighted by atomic mass is 10.1. The standard InChI is InChI=1S/C15H12F6N4O/c16-14(17,18)9-3-1-8(2-4-9)7-24-5-6-25-13(24)10(12(22)26)11(23-25)15(19,20)21/h1-4H,5-7H2,(H2,22,26). The molecule has 1 aliphatic rings. The number of anilines is 1. The van der Waals surface area contributed by atoms with Crippen LogP contribution in [0.3, 0.4) is 0 Å². The number of aromatic nitrogens is 2. The van der Waals surface area contributed by atoms with Crippen LogP contribution in [0, 0.1) is 0 Å². The second-order valence-corrected chi connectivity index (χ2v) is 5.75. The highest BCUT2D eigenvalue weighted by molar-refractivity contribution is 5.99. The third kappa shape index (κ3) is 3.20. The van der Waals surface area contributed by atoms with Crippen molar-refractivity contribution in [3.8, 4) is 0 Å². The van der Waals surface area contributed by atoms with E-state index in [9.17, 15) is 31.1 Å². The molecule has 0 saturated heterocycles. The molecule has 0 spiro atoms. The van der Waals surface area contributed by atoms with Crippen molar-refractivity contribution < 1.29 is 31.1 Å². The Bertz CT molecular complexity index is 838. The van der Waals surface area contributed by atoms with Gasteiger partial charge in [0.25, 0.3) is 5.91 Å². The molecule has 2 aromatic rings. The summed E-state index contributed by atoms with van der Waals surface area (Å²) in [6.45, 7) is 0.371. The summed E-state index contributed by atoms with van der Waals surface area (Å²) in [5, 5.41) is 3.42. The molecule has 1 aromatic carbocycles. The molecule has 0 aliphatic carbocycles. The Balaban J connectivity index is 1.92. The summed E-state index contributed by atoms with van der Waals surface area (Å²) in [5.74, 6) is -1.34. The third-order valence-corrected chi connectivity index (χ3v) is 3.98. The summed E-state index contributed by atoms with van der Waals surface area (Å²) < 4.78 is 78.0. The highest BCUT2D eigenvalue weighted by Gasteiger charge is 2.43. The van der Waals surface area contributed by atoms with Crippen molar-refractivity contribution in [1.82, 2.24) is 9.78 Å². The SMILES string of the molecule is NC(=O)c1c(C(F)(F)F)nn2c1N(Cc1ccc(C(F)(F)F)cc1)CC2. The predicted octanol–water partition coefficient (Wildman–Crippen LogP) is 3.04. The first-order valence-corrected chi connectivity index (χ1v) is 7.37. The van der Waals surface area contributed by atoms with Crippen molar-refractivity contribution in [1.29, 1.82) is 0 Å². The van der Waals surface area contributed by atoms with E-state index in [0.29, 0.717) is 5.56 Å². The maximum absolute atomic E-state index is 13.1. The van der Waals surface area contributed by atoms with Crippen molar-refractivity contribution in [2.24, 2.45) is 5.73 Å². The van der Waals surface area contributed by atoms with Crippen LogP contribution in [-0.4, -0.2) is 22.2 Å². The first-order chi connectivity index (χ1) is 12.0. The van der Waals surface area contributed by atoms with Crippen LogP contribution < -0.4 is 10.6 Å². The number of fused-ring (bicyclic) bond motifs is 1. The first-order valence-electron chi connectivity index (χ1n) is 7.37. The van der Waals surface area contributed by atoms with E-state index < -0.39 is 35.1 Å². The van der Waals surface area contributed by atoms with Crippen molar-refractivity contribution in [2.45, 2.75) is 25.4 Å². The smallest absolute Gasteiger partial charge is 0.365 e. The molecular formula is C15H12F6N4O. The molecular weight excluding hydrogens is 366 g/mol. The quantitative estimate of drug-likeness (QED) is 0.835. The van der Waals surface area contributed by atoms with Crippen LogP contribution in [0.1, 0.15) is 27.2 Å². The van der Waals surface area contributed by atoms with Crippen LogP contribution in [0.15, 0.2) is 24.3 Å². The second-order valence-electron chi connectivity index (χ2n) is 5.75. The highest BCUT2D eigenvalue weighted by atomic mass is 19.4. The van der Waals surface area contributed by atoms with Gasteiger partial charge >= 0.3 is 12.4 Å². The van der Waals surface area contributed by atoms with Gasteiger partial charge in [0.15, 0.2) is 5.69 Å². The molecule has 0 saturated carbocycles. The Kier molecular flexibility index (Phi) is 4.12. The number of carbonyl (C=O) groups is 1. The molecule has 0 radical (unpaired) electrons. The van der Waals surface area contributed by atoms with Crippen LogP contribution in [0.25, 0.3) is 0 Å². The number of benzene rings is 1. The minimum absolute atomic E-state index is 0.0153. The Morgan fingerprint density at radius 1 is 1.04 bits per heavy atom. The summed E-state index contributed by atoms with van der Waals surface area (Å²) in [6.07, 6.45) is -9.33. The second kappa shape index (κ2) is 5.92. The molecule has 26 heavy (non-hydrogen) atoms. The van der Waals surface area contributed by atoms with Gasteiger partial charge in [-0.3, -0.25) is 4.79 Å². The van der Waals surface area contributed by atoms with Gasteiger partial charge in [-0.25, -0.2) is 4.68 Å². The van der Waals surface area contributed by atoms with Crippen molar-refractivity contribution >= 4 is 11.7 Å². The van der Waals surface area contributed by atoms with E-state index in [1.54, 1.807) is 0 Å². The highest BCUT2D eigenvalue weighted by Crippen LogP contribution is 2.38. The molecule has 1 amide bonds. The van der Waals surface area contributed by atoms with Gasteiger partial charge in [-0.15, -0.1) is 0 Å². The number of alkyl halides is 6. The topological polar surface area (TPSA) is 64.2 Å². The van der Waals surface area contributed by atoms with Gasteiger partial charge in [-0.05, 0) is 17.7 Å². The van der Waals surface area contributed by atoms with Gasteiger partial charge in [0, 0.05) is 13.1 Å². The van der Waals surface area contributed by atoms with Crippen molar-refractivity contribution in [2.75, 3.05) is 11.4 Å². The summed E-state index contributed by atoms with van der Waals surface area (Å²) in [7, 11) is 0. The van der Waals surface area contributed by atoms with Gasteiger partial charge in [-0.1, -0.05) is 12.1 Å². The van der Waals surface area contributed by atoms with E-state index in [0.717, 1.165) is 16.8 Å². The van der Waals surface area contributed by atoms with Crippen LogP contribution in [0.2, 0.25) is 0 Å². The summed E-state index contributed by atoms with van der Waals surface area (Å²) in [5.41, 5.74) is 2.62. The van der Waals surface area contributed by atoms with E-state index in [1.165, 1.54) is 17.0 Å². The number of amides is 1. The van der Waals surface area contributed by atoms with E-state index >= 15 is 0 Å². The first kappa shape index (κ1) is 18.1. The number of primary amides is 1. The molecule has 2 heterocycles. The van der Waals surface area contributed by atoms with E-state index in [-0.39, 0.29) is 25.5 Å². The zero-order valence-corrected chi connectivity index (χ0v) is 13.0. The zero-order chi connectivity index (χ0) is 19.3. The predicted molar refractivity (Wildman–Crippen MR) is 78.2 cm³/mol. The number of hydrogen-bond donors (Lipinski definition) is 1. The molecule has 0 fully saturated rings. The van der Waals surface area contributed by atoms with Gasteiger partial charge in [0.2, 0.25) is 0 Å². The number of nitrogens with two attached hydrogens (primary N) is 1. The average Bonchev–Trinajstić information content (AvgIpc) is 3.06. The van der Waals surface area contributed by atoms with E-state index in [1.807, 2.05) is 0 Å². The maximum Gasteiger partial charge on any atom is 0.436 e. The maximum atomic E-state index is 13.1. The van der Waals surface area contributed by atoms with Crippen molar-refractivity contribution in [3.63, 3.8) is 0 Å². The van der Waals surface area contributed by atoms with Gasteiger partial charge in [0.1, 0.15) is 11.4 Å². The molecule has 11 heteroatoms. The fraction of sp³-hybridized carbons (Fsp3) is 0.333.